The van der Waals surface area contributed by atoms with Crippen LogP contribution in [0, 0.1) is 0 Å². The van der Waals surface area contributed by atoms with Crippen molar-refractivity contribution in [2.75, 3.05) is 20.8 Å². The van der Waals surface area contributed by atoms with E-state index < -0.39 is 0 Å². The largest absolute Gasteiger partial charge is 0.493 e. The molecule has 24 heavy (non-hydrogen) atoms. The minimum atomic E-state index is -0.214. The zero-order chi connectivity index (χ0) is 17.5. The lowest BCUT2D eigenvalue weighted by molar-refractivity contribution is 0.0952. The Morgan fingerprint density at radius 3 is 2.62 bits per heavy atom. The van der Waals surface area contributed by atoms with Crippen LogP contribution < -0.4 is 20.3 Å². The SMILES string of the molecule is COc1ccc(C(=O)NCCCn2cc(Cl)ccc2=O)cc1OC. The first kappa shape index (κ1) is 17.9. The molecular formula is C17H19ClN2O4. The summed E-state index contributed by atoms with van der Waals surface area (Å²) in [5, 5.41) is 3.31. The summed E-state index contributed by atoms with van der Waals surface area (Å²) in [6, 6.07) is 7.94. The zero-order valence-corrected chi connectivity index (χ0v) is 14.3. The summed E-state index contributed by atoms with van der Waals surface area (Å²) >= 11 is 5.86. The van der Waals surface area contributed by atoms with Crippen LogP contribution in [0.3, 0.4) is 0 Å². The number of carbonyl (C=O) groups excluding carboxylic acids is 1. The number of halogens is 1. The Balaban J connectivity index is 1.89. The molecule has 0 aliphatic carbocycles. The summed E-state index contributed by atoms with van der Waals surface area (Å²) in [7, 11) is 3.05. The molecule has 0 radical (unpaired) electrons. The molecule has 0 aliphatic heterocycles. The average Bonchev–Trinajstić information content (AvgIpc) is 2.60. The molecule has 0 saturated heterocycles. The quantitative estimate of drug-likeness (QED) is 0.778. The third kappa shape index (κ3) is 4.52. The Labute approximate surface area is 145 Å². The number of amides is 1. The van der Waals surface area contributed by atoms with Gasteiger partial charge in [-0.3, -0.25) is 9.59 Å². The van der Waals surface area contributed by atoms with Gasteiger partial charge in [-0.2, -0.15) is 0 Å². The number of rotatable bonds is 7. The Morgan fingerprint density at radius 2 is 1.92 bits per heavy atom. The maximum atomic E-state index is 12.1. The van der Waals surface area contributed by atoms with Crippen LogP contribution in [0.1, 0.15) is 16.8 Å². The number of nitrogens with one attached hydrogen (secondary N) is 1. The monoisotopic (exact) mass is 350 g/mol. The second-order valence-corrected chi connectivity index (χ2v) is 5.49. The molecule has 0 saturated carbocycles. The van der Waals surface area contributed by atoms with E-state index in [-0.39, 0.29) is 11.5 Å². The topological polar surface area (TPSA) is 69.6 Å². The van der Waals surface area contributed by atoms with E-state index in [0.29, 0.717) is 41.6 Å². The molecule has 128 valence electrons. The van der Waals surface area contributed by atoms with Gasteiger partial charge in [-0.1, -0.05) is 11.6 Å². The molecule has 1 amide bonds. The Bertz CT molecular complexity index is 773. The predicted octanol–water partition coefficient (Wildman–Crippen LogP) is 2.34. The van der Waals surface area contributed by atoms with Gasteiger partial charge < -0.3 is 19.4 Å². The molecule has 0 fully saturated rings. The first-order chi connectivity index (χ1) is 11.5. The number of benzene rings is 1. The van der Waals surface area contributed by atoms with Gasteiger partial charge in [-0.05, 0) is 30.7 Å². The number of hydrogen-bond donors (Lipinski definition) is 1. The van der Waals surface area contributed by atoms with E-state index in [2.05, 4.69) is 5.32 Å². The van der Waals surface area contributed by atoms with Crippen molar-refractivity contribution in [3.05, 3.63) is 57.5 Å². The van der Waals surface area contributed by atoms with E-state index in [1.807, 2.05) is 0 Å². The molecule has 0 atom stereocenters. The maximum Gasteiger partial charge on any atom is 0.251 e. The molecular weight excluding hydrogens is 332 g/mol. The summed E-state index contributed by atoms with van der Waals surface area (Å²) < 4.78 is 11.8. The summed E-state index contributed by atoms with van der Waals surface area (Å²) in [4.78, 5) is 23.8. The van der Waals surface area contributed by atoms with Gasteiger partial charge in [0.15, 0.2) is 11.5 Å². The lowest BCUT2D eigenvalue weighted by Crippen LogP contribution is -2.26. The van der Waals surface area contributed by atoms with Crippen molar-refractivity contribution in [1.82, 2.24) is 9.88 Å². The first-order valence-corrected chi connectivity index (χ1v) is 7.79. The Hall–Kier alpha value is -2.47. The van der Waals surface area contributed by atoms with Crippen molar-refractivity contribution in [2.45, 2.75) is 13.0 Å². The molecule has 0 unspecified atom stereocenters. The maximum absolute atomic E-state index is 12.1. The van der Waals surface area contributed by atoms with Crippen molar-refractivity contribution in [3.8, 4) is 11.5 Å². The second-order valence-electron chi connectivity index (χ2n) is 5.06. The molecule has 1 aromatic carbocycles. The van der Waals surface area contributed by atoms with Crippen molar-refractivity contribution in [3.63, 3.8) is 0 Å². The van der Waals surface area contributed by atoms with Gasteiger partial charge in [0.05, 0.1) is 19.2 Å². The molecule has 0 bridgehead atoms. The normalized spacial score (nSPS) is 10.3. The van der Waals surface area contributed by atoms with Crippen molar-refractivity contribution < 1.29 is 14.3 Å². The number of nitrogens with zero attached hydrogens (tertiary/aromatic N) is 1. The van der Waals surface area contributed by atoms with Crippen LogP contribution in [0.2, 0.25) is 5.02 Å². The summed E-state index contributed by atoms with van der Waals surface area (Å²) in [5.41, 5.74) is 0.359. The van der Waals surface area contributed by atoms with E-state index >= 15 is 0 Å². The highest BCUT2D eigenvalue weighted by Gasteiger charge is 2.10. The number of methoxy groups -OCH3 is 2. The van der Waals surface area contributed by atoms with Crippen LogP contribution in [-0.4, -0.2) is 31.2 Å². The second kappa shape index (κ2) is 8.40. The van der Waals surface area contributed by atoms with E-state index in [1.54, 1.807) is 30.5 Å². The molecule has 0 spiro atoms. The summed E-state index contributed by atoms with van der Waals surface area (Å²) in [6.45, 7) is 0.914. The lowest BCUT2D eigenvalue weighted by atomic mass is 10.2. The summed E-state index contributed by atoms with van der Waals surface area (Å²) in [6.07, 6.45) is 2.19. The average molecular weight is 351 g/mol. The lowest BCUT2D eigenvalue weighted by Gasteiger charge is -2.10. The number of ether oxygens (including phenoxy) is 2. The molecule has 0 aliphatic rings. The molecule has 1 aromatic heterocycles. The van der Waals surface area contributed by atoms with Gasteiger partial charge >= 0.3 is 0 Å². The zero-order valence-electron chi connectivity index (χ0n) is 13.5. The molecule has 1 heterocycles. The third-order valence-electron chi connectivity index (χ3n) is 3.45. The predicted molar refractivity (Wildman–Crippen MR) is 92.2 cm³/mol. The van der Waals surface area contributed by atoms with E-state index in [4.69, 9.17) is 21.1 Å². The van der Waals surface area contributed by atoms with E-state index in [0.717, 1.165) is 0 Å². The first-order valence-electron chi connectivity index (χ1n) is 7.41. The minimum Gasteiger partial charge on any atom is -0.493 e. The van der Waals surface area contributed by atoms with Crippen molar-refractivity contribution in [1.29, 1.82) is 0 Å². The van der Waals surface area contributed by atoms with Gasteiger partial charge in [0.1, 0.15) is 0 Å². The Morgan fingerprint density at radius 1 is 1.17 bits per heavy atom. The molecule has 2 rings (SSSR count). The van der Waals surface area contributed by atoms with Crippen LogP contribution in [-0.2, 0) is 6.54 Å². The van der Waals surface area contributed by atoms with Crippen LogP contribution in [0.15, 0.2) is 41.3 Å². The van der Waals surface area contributed by atoms with Gasteiger partial charge in [0.2, 0.25) is 0 Å². The fourth-order valence-corrected chi connectivity index (χ4v) is 2.39. The van der Waals surface area contributed by atoms with Gasteiger partial charge in [-0.25, -0.2) is 0 Å². The fraction of sp³-hybridized carbons (Fsp3) is 0.294. The molecule has 7 heteroatoms. The fourth-order valence-electron chi connectivity index (χ4n) is 2.21. The highest BCUT2D eigenvalue weighted by Crippen LogP contribution is 2.27. The Kier molecular flexibility index (Phi) is 6.26. The van der Waals surface area contributed by atoms with Crippen LogP contribution in [0.25, 0.3) is 0 Å². The van der Waals surface area contributed by atoms with Gasteiger partial charge in [-0.15, -0.1) is 0 Å². The highest BCUT2D eigenvalue weighted by atomic mass is 35.5. The van der Waals surface area contributed by atoms with Crippen molar-refractivity contribution in [2.24, 2.45) is 0 Å². The van der Waals surface area contributed by atoms with Gasteiger partial charge in [0, 0.05) is 30.9 Å². The number of carbonyl (C=O) groups is 1. The van der Waals surface area contributed by atoms with E-state index in [9.17, 15) is 9.59 Å². The van der Waals surface area contributed by atoms with Crippen LogP contribution in [0.4, 0.5) is 0 Å². The smallest absolute Gasteiger partial charge is 0.251 e. The third-order valence-corrected chi connectivity index (χ3v) is 3.68. The van der Waals surface area contributed by atoms with Crippen LogP contribution in [0.5, 0.6) is 11.5 Å². The van der Waals surface area contributed by atoms with E-state index in [1.165, 1.54) is 24.9 Å². The molecule has 6 nitrogen and oxygen atoms in total. The number of hydrogen-bond acceptors (Lipinski definition) is 4. The number of pyridine rings is 1. The van der Waals surface area contributed by atoms with Gasteiger partial charge in [0.25, 0.3) is 11.5 Å². The molecule has 2 aromatic rings. The summed E-state index contributed by atoms with van der Waals surface area (Å²) in [5.74, 6) is 0.847. The van der Waals surface area contributed by atoms with Crippen molar-refractivity contribution >= 4 is 17.5 Å². The number of aryl methyl sites for hydroxylation is 1. The number of aromatic nitrogens is 1. The highest BCUT2D eigenvalue weighted by molar-refractivity contribution is 6.30. The minimum absolute atomic E-state index is 0.120. The van der Waals surface area contributed by atoms with Crippen LogP contribution >= 0.6 is 11.6 Å². The standard InChI is InChI=1S/C17H19ClN2O4/c1-23-14-6-4-12(10-15(14)24-2)17(22)19-8-3-9-20-11-13(18)5-7-16(20)21/h4-7,10-11H,3,8-9H2,1-2H3,(H,19,22). The molecule has 1 N–H and O–H groups in total.